The molecule has 0 fully saturated rings. The number of rotatable bonds is 3. The monoisotopic (exact) mass is 229 g/mol. The summed E-state index contributed by atoms with van der Waals surface area (Å²) in [6, 6.07) is 12.5. The van der Waals surface area contributed by atoms with Gasteiger partial charge in [0.05, 0.1) is 12.1 Å². The lowest BCUT2D eigenvalue weighted by Crippen LogP contribution is -2.57. The molecule has 0 aliphatic rings. The Morgan fingerprint density at radius 2 is 1.82 bits per heavy atom. The molecule has 2 rings (SSSR count). The predicted octanol–water partition coefficient (Wildman–Crippen LogP) is 0.279. The molecule has 1 amide bonds. The third-order valence-electron chi connectivity index (χ3n) is 2.50. The Bertz CT molecular complexity index is 588. The third kappa shape index (κ3) is 2.68. The van der Waals surface area contributed by atoms with Crippen molar-refractivity contribution in [3.63, 3.8) is 0 Å². The number of carbonyl (C=O) groups is 1. The van der Waals surface area contributed by atoms with E-state index in [0.29, 0.717) is 12.1 Å². The Morgan fingerprint density at radius 1 is 1.12 bits per heavy atom. The van der Waals surface area contributed by atoms with E-state index in [2.05, 4.69) is 5.73 Å². The fraction of sp³-hybridized carbons (Fsp3) is 0.0769. The topological polar surface area (TPSA) is 66.7 Å². The molecule has 1 heterocycles. The predicted molar refractivity (Wildman–Crippen MR) is 63.5 cm³/mol. The summed E-state index contributed by atoms with van der Waals surface area (Å²) in [5, 5.41) is 0. The fourth-order valence-corrected chi connectivity index (χ4v) is 1.60. The van der Waals surface area contributed by atoms with Crippen molar-refractivity contribution in [3.05, 3.63) is 70.1 Å². The zero-order chi connectivity index (χ0) is 12.3. The molecule has 86 valence electrons. The minimum absolute atomic E-state index is 0.126. The summed E-state index contributed by atoms with van der Waals surface area (Å²) in [4.78, 5) is 22.8. The Hall–Kier alpha value is -2.20. The van der Waals surface area contributed by atoms with Crippen molar-refractivity contribution in [3.8, 4) is 0 Å². The first-order valence-corrected chi connectivity index (χ1v) is 5.27. The van der Waals surface area contributed by atoms with E-state index in [9.17, 15) is 9.59 Å². The second-order valence-electron chi connectivity index (χ2n) is 3.79. The molecule has 0 atom stereocenters. The van der Waals surface area contributed by atoms with Crippen molar-refractivity contribution in [1.29, 1.82) is 0 Å². The van der Waals surface area contributed by atoms with E-state index in [-0.39, 0.29) is 11.5 Å². The van der Waals surface area contributed by atoms with Gasteiger partial charge >= 0.3 is 5.91 Å². The van der Waals surface area contributed by atoms with Gasteiger partial charge < -0.3 is 4.57 Å². The maximum atomic E-state index is 11.6. The van der Waals surface area contributed by atoms with Gasteiger partial charge in [0.25, 0.3) is 5.56 Å². The number of amides is 1. The summed E-state index contributed by atoms with van der Waals surface area (Å²) in [5.74, 6) is -0.285. The second-order valence-corrected chi connectivity index (χ2v) is 3.79. The van der Waals surface area contributed by atoms with Crippen molar-refractivity contribution >= 4 is 5.91 Å². The summed E-state index contributed by atoms with van der Waals surface area (Å²) in [5.41, 5.74) is 4.67. The highest BCUT2D eigenvalue weighted by Gasteiger charge is 2.06. The molecule has 4 heteroatoms. The molecular formula is C13H13N2O2+. The van der Waals surface area contributed by atoms with Crippen molar-refractivity contribution in [2.24, 2.45) is 0 Å². The number of nitrogens with zero attached hydrogens (tertiary/aromatic N) is 1. The van der Waals surface area contributed by atoms with Gasteiger partial charge in [0.1, 0.15) is 0 Å². The van der Waals surface area contributed by atoms with E-state index < -0.39 is 0 Å². The molecule has 17 heavy (non-hydrogen) atoms. The first-order valence-electron chi connectivity index (χ1n) is 5.27. The normalized spacial score (nSPS) is 10.2. The van der Waals surface area contributed by atoms with E-state index in [0.717, 1.165) is 5.56 Å². The molecule has 2 aromatic rings. The molecule has 1 aromatic carbocycles. The van der Waals surface area contributed by atoms with Crippen molar-refractivity contribution < 1.29 is 10.5 Å². The average molecular weight is 229 g/mol. The van der Waals surface area contributed by atoms with Crippen LogP contribution in [-0.4, -0.2) is 10.5 Å². The van der Waals surface area contributed by atoms with Gasteiger partial charge in [-0.15, -0.1) is 0 Å². The van der Waals surface area contributed by atoms with Gasteiger partial charge in [0, 0.05) is 12.3 Å². The Balaban J connectivity index is 2.36. The van der Waals surface area contributed by atoms with Crippen LogP contribution in [0.1, 0.15) is 15.9 Å². The summed E-state index contributed by atoms with van der Waals surface area (Å²) in [7, 11) is 0. The van der Waals surface area contributed by atoms with Crippen LogP contribution in [0.25, 0.3) is 0 Å². The molecule has 0 saturated carbocycles. The summed E-state index contributed by atoms with van der Waals surface area (Å²) < 4.78 is 1.51. The minimum atomic E-state index is -0.285. The number of pyridine rings is 1. The molecule has 0 bridgehead atoms. The van der Waals surface area contributed by atoms with Gasteiger partial charge in [-0.25, -0.2) is 4.79 Å². The van der Waals surface area contributed by atoms with Crippen LogP contribution in [0, 0.1) is 0 Å². The largest absolute Gasteiger partial charge is 0.342 e. The highest BCUT2D eigenvalue weighted by Crippen LogP contribution is 2.01. The van der Waals surface area contributed by atoms with Gasteiger partial charge in [-0.05, 0) is 11.6 Å². The number of benzene rings is 1. The highest BCUT2D eigenvalue weighted by molar-refractivity contribution is 5.85. The smallest absolute Gasteiger partial charge is 0.310 e. The SMILES string of the molecule is [NH3+]C(=O)c1ccc(=O)n(Cc2ccccc2)c1. The van der Waals surface area contributed by atoms with Crippen LogP contribution in [0.4, 0.5) is 0 Å². The van der Waals surface area contributed by atoms with Crippen LogP contribution in [0.2, 0.25) is 0 Å². The third-order valence-corrected chi connectivity index (χ3v) is 2.50. The summed E-state index contributed by atoms with van der Waals surface area (Å²) >= 11 is 0. The zero-order valence-electron chi connectivity index (χ0n) is 9.30. The van der Waals surface area contributed by atoms with Crippen molar-refractivity contribution in [2.75, 3.05) is 0 Å². The molecule has 0 aliphatic carbocycles. The highest BCUT2D eigenvalue weighted by atomic mass is 16.1. The van der Waals surface area contributed by atoms with Crippen LogP contribution >= 0.6 is 0 Å². The Kier molecular flexibility index (Phi) is 3.16. The minimum Gasteiger partial charge on any atom is -0.310 e. The van der Waals surface area contributed by atoms with Crippen molar-refractivity contribution in [1.82, 2.24) is 4.57 Å². The molecule has 0 saturated heterocycles. The molecule has 0 spiro atoms. The lowest BCUT2D eigenvalue weighted by Gasteiger charge is -2.05. The zero-order valence-corrected chi connectivity index (χ0v) is 9.30. The van der Waals surface area contributed by atoms with Crippen LogP contribution in [0.5, 0.6) is 0 Å². The number of hydrogen-bond acceptors (Lipinski definition) is 2. The Labute approximate surface area is 98.3 Å². The van der Waals surface area contributed by atoms with E-state index in [1.807, 2.05) is 30.3 Å². The number of quaternary nitrogens is 1. The van der Waals surface area contributed by atoms with Gasteiger partial charge in [0.15, 0.2) is 0 Å². The van der Waals surface area contributed by atoms with E-state index in [1.165, 1.54) is 16.7 Å². The van der Waals surface area contributed by atoms with Crippen LogP contribution in [0.3, 0.4) is 0 Å². The van der Waals surface area contributed by atoms with Gasteiger partial charge in [0.2, 0.25) is 0 Å². The number of hydrogen-bond donors (Lipinski definition) is 1. The van der Waals surface area contributed by atoms with Gasteiger partial charge in [-0.1, -0.05) is 30.3 Å². The first kappa shape index (κ1) is 11.3. The molecule has 1 aromatic heterocycles. The molecule has 0 unspecified atom stereocenters. The maximum Gasteiger partial charge on any atom is 0.342 e. The van der Waals surface area contributed by atoms with Gasteiger partial charge in [-0.2, -0.15) is 0 Å². The molecule has 4 nitrogen and oxygen atoms in total. The molecule has 3 N–H and O–H groups in total. The quantitative estimate of drug-likeness (QED) is 0.821. The Morgan fingerprint density at radius 3 is 2.47 bits per heavy atom. The molecule has 0 radical (unpaired) electrons. The average Bonchev–Trinajstić information content (AvgIpc) is 2.33. The van der Waals surface area contributed by atoms with E-state index in [4.69, 9.17) is 0 Å². The van der Waals surface area contributed by atoms with Crippen LogP contribution in [0.15, 0.2) is 53.5 Å². The van der Waals surface area contributed by atoms with Crippen LogP contribution < -0.4 is 11.3 Å². The van der Waals surface area contributed by atoms with E-state index >= 15 is 0 Å². The summed E-state index contributed by atoms with van der Waals surface area (Å²) in [6.07, 6.45) is 1.55. The standard InChI is InChI=1S/C13H12N2O2/c14-13(17)11-6-7-12(16)15(9-11)8-10-4-2-1-3-5-10/h1-7,9H,8H2,(H2,14,17)/p+1. The number of aromatic nitrogens is 1. The second kappa shape index (κ2) is 4.76. The molecule has 0 aliphatic heterocycles. The maximum absolute atomic E-state index is 11.6. The first-order chi connectivity index (χ1) is 8.16. The number of carbonyl (C=O) groups excluding carboxylic acids is 1. The fourth-order valence-electron chi connectivity index (χ4n) is 1.60. The van der Waals surface area contributed by atoms with Crippen molar-refractivity contribution in [2.45, 2.75) is 6.54 Å². The summed E-state index contributed by atoms with van der Waals surface area (Å²) in [6.45, 7) is 0.459. The van der Waals surface area contributed by atoms with Gasteiger partial charge in [-0.3, -0.25) is 10.5 Å². The lowest BCUT2D eigenvalue weighted by atomic mass is 10.2. The van der Waals surface area contributed by atoms with E-state index in [1.54, 1.807) is 6.20 Å². The van der Waals surface area contributed by atoms with Crippen LogP contribution in [-0.2, 0) is 6.54 Å². The molecular weight excluding hydrogens is 216 g/mol. The lowest BCUT2D eigenvalue weighted by molar-refractivity contribution is -0.255.